The molecule has 88 valence electrons. The third-order valence-corrected chi connectivity index (χ3v) is 1.42. The topological polar surface area (TPSA) is 181 Å². The zero-order chi connectivity index (χ0) is 9.72. The van der Waals surface area contributed by atoms with E-state index >= 15 is 0 Å². The van der Waals surface area contributed by atoms with Crippen LogP contribution < -0.4 is 0 Å². The van der Waals surface area contributed by atoms with Gasteiger partial charge in [-0.15, -0.1) is 0 Å². The predicted molar refractivity (Wildman–Crippen MR) is 44.4 cm³/mol. The number of carbonyl (C=O) groups is 1. The van der Waals surface area contributed by atoms with Gasteiger partial charge < -0.3 is 41.3 Å². The fraction of sp³-hybridized carbons (Fsp3) is 0.833. The maximum absolute atomic E-state index is 9.90. The van der Waals surface area contributed by atoms with E-state index in [4.69, 9.17) is 25.5 Å². The van der Waals surface area contributed by atoms with Gasteiger partial charge in [0.1, 0.15) is 24.4 Å². The Morgan fingerprint density at radius 2 is 1.43 bits per heavy atom. The van der Waals surface area contributed by atoms with Crippen molar-refractivity contribution in [2.75, 3.05) is 6.61 Å². The van der Waals surface area contributed by atoms with Crippen LogP contribution in [0, 0.1) is 0 Å². The predicted octanol–water partition coefficient (Wildman–Crippen LogP) is -5.03. The van der Waals surface area contributed by atoms with Gasteiger partial charge in [0.15, 0.2) is 6.29 Å². The van der Waals surface area contributed by atoms with Crippen molar-refractivity contribution < 1.29 is 41.3 Å². The van der Waals surface area contributed by atoms with E-state index in [1.165, 1.54) is 0 Å². The van der Waals surface area contributed by atoms with Gasteiger partial charge in [-0.1, -0.05) is 0 Å². The molecule has 0 spiro atoms. The third kappa shape index (κ3) is 5.19. The molecule has 4 atom stereocenters. The zero-order valence-corrected chi connectivity index (χ0v) is 7.24. The normalized spacial score (nSPS) is 18.1. The van der Waals surface area contributed by atoms with Crippen LogP contribution in [0.3, 0.4) is 0 Å². The summed E-state index contributed by atoms with van der Waals surface area (Å²) in [7, 11) is 0. The second-order valence-electron chi connectivity index (χ2n) is 2.36. The lowest BCUT2D eigenvalue weighted by molar-refractivity contribution is -0.136. The first kappa shape index (κ1) is 19.0. The molecule has 0 heterocycles. The Kier molecular flexibility index (Phi) is 12.2. The Morgan fingerprint density at radius 3 is 1.71 bits per heavy atom. The molecule has 8 nitrogen and oxygen atoms in total. The standard InChI is InChI=1S/C6H12O6.2H2O/c7-1-3(9)5(11)6(12)4(10)2-8;;/h1,3-6,8-12H,2H2;2*1H2/t3-,4+,5-,6+;;/m0../s1. The summed E-state index contributed by atoms with van der Waals surface area (Å²) >= 11 is 0. The van der Waals surface area contributed by atoms with E-state index in [0.29, 0.717) is 0 Å². The van der Waals surface area contributed by atoms with Crippen LogP contribution in [0.25, 0.3) is 0 Å². The van der Waals surface area contributed by atoms with E-state index in [1.807, 2.05) is 0 Å². The molecular formula is C6H16O8. The molecule has 9 N–H and O–H groups in total. The lowest BCUT2D eigenvalue weighted by Crippen LogP contribution is -2.46. The Hall–Kier alpha value is -0.610. The molecule has 14 heavy (non-hydrogen) atoms. The SMILES string of the molecule is O.O.O=C[C@H](O)[C@H](O)[C@H](O)[C@H](O)CO. The second kappa shape index (κ2) is 8.97. The van der Waals surface area contributed by atoms with Crippen molar-refractivity contribution in [2.24, 2.45) is 0 Å². The molecular weight excluding hydrogens is 200 g/mol. The minimum absolute atomic E-state index is 0. The van der Waals surface area contributed by atoms with Crippen molar-refractivity contribution in [1.29, 1.82) is 0 Å². The van der Waals surface area contributed by atoms with E-state index in [0.717, 1.165) is 0 Å². The van der Waals surface area contributed by atoms with Gasteiger partial charge in [-0.25, -0.2) is 0 Å². The number of aldehydes is 1. The van der Waals surface area contributed by atoms with Crippen LogP contribution in [0.15, 0.2) is 0 Å². The molecule has 0 amide bonds. The third-order valence-electron chi connectivity index (χ3n) is 1.42. The summed E-state index contributed by atoms with van der Waals surface area (Å²) in [5.41, 5.74) is 0. The van der Waals surface area contributed by atoms with Gasteiger partial charge in [0, 0.05) is 0 Å². The van der Waals surface area contributed by atoms with Crippen LogP contribution in [0.1, 0.15) is 0 Å². The maximum atomic E-state index is 9.90. The first-order valence-electron chi connectivity index (χ1n) is 3.33. The van der Waals surface area contributed by atoms with Crippen LogP contribution in [0.5, 0.6) is 0 Å². The largest absolute Gasteiger partial charge is 0.412 e. The number of hydrogen-bond donors (Lipinski definition) is 5. The maximum Gasteiger partial charge on any atom is 0.151 e. The van der Waals surface area contributed by atoms with Crippen molar-refractivity contribution in [3.8, 4) is 0 Å². The fourth-order valence-electron chi connectivity index (χ4n) is 0.618. The Labute approximate surface area is 79.7 Å². The van der Waals surface area contributed by atoms with Crippen LogP contribution in [0.4, 0.5) is 0 Å². The molecule has 0 aromatic heterocycles. The van der Waals surface area contributed by atoms with Gasteiger partial charge in [-0.05, 0) is 0 Å². The average Bonchev–Trinajstić information content (AvgIpc) is 2.12. The fourth-order valence-corrected chi connectivity index (χ4v) is 0.618. The number of hydrogen-bond acceptors (Lipinski definition) is 6. The quantitative estimate of drug-likeness (QED) is 0.286. The van der Waals surface area contributed by atoms with Gasteiger partial charge in [0.2, 0.25) is 0 Å². The van der Waals surface area contributed by atoms with Crippen LogP contribution in [-0.2, 0) is 4.79 Å². The first-order chi connectivity index (χ1) is 5.54. The Bertz CT molecular complexity index is 140. The summed E-state index contributed by atoms with van der Waals surface area (Å²) in [6.45, 7) is -0.760. The number of rotatable bonds is 5. The molecule has 0 fully saturated rings. The molecule has 0 saturated carbocycles. The monoisotopic (exact) mass is 216 g/mol. The molecule has 0 unspecified atom stereocenters. The summed E-state index contributed by atoms with van der Waals surface area (Å²) in [6, 6.07) is 0. The first-order valence-corrected chi connectivity index (χ1v) is 3.33. The highest BCUT2D eigenvalue weighted by Gasteiger charge is 2.29. The average molecular weight is 216 g/mol. The summed E-state index contributed by atoms with van der Waals surface area (Å²) in [5, 5.41) is 43.5. The van der Waals surface area contributed by atoms with E-state index in [1.54, 1.807) is 0 Å². The Morgan fingerprint density at radius 1 is 1.00 bits per heavy atom. The van der Waals surface area contributed by atoms with Crippen molar-refractivity contribution in [2.45, 2.75) is 24.4 Å². The highest BCUT2D eigenvalue weighted by atomic mass is 16.4. The molecule has 0 saturated heterocycles. The highest BCUT2D eigenvalue weighted by Crippen LogP contribution is 2.02. The van der Waals surface area contributed by atoms with E-state index in [2.05, 4.69) is 0 Å². The van der Waals surface area contributed by atoms with E-state index < -0.39 is 31.0 Å². The van der Waals surface area contributed by atoms with Crippen LogP contribution in [0.2, 0.25) is 0 Å². The minimum atomic E-state index is -1.79. The Balaban J connectivity index is -0.000000605. The summed E-state index contributed by atoms with van der Waals surface area (Å²) < 4.78 is 0. The summed E-state index contributed by atoms with van der Waals surface area (Å²) in [6.07, 6.45) is -6.84. The van der Waals surface area contributed by atoms with Crippen molar-refractivity contribution in [1.82, 2.24) is 0 Å². The molecule has 0 radical (unpaired) electrons. The molecule has 0 aliphatic rings. The van der Waals surface area contributed by atoms with Gasteiger partial charge in [0.25, 0.3) is 0 Å². The molecule has 0 aliphatic heterocycles. The van der Waals surface area contributed by atoms with Crippen molar-refractivity contribution >= 4 is 6.29 Å². The van der Waals surface area contributed by atoms with Crippen LogP contribution in [-0.4, -0.2) is 73.8 Å². The van der Waals surface area contributed by atoms with Crippen molar-refractivity contribution in [3.05, 3.63) is 0 Å². The lowest BCUT2D eigenvalue weighted by atomic mass is 10.0. The van der Waals surface area contributed by atoms with Crippen LogP contribution >= 0.6 is 0 Å². The lowest BCUT2D eigenvalue weighted by Gasteiger charge is -2.22. The number of aliphatic hydroxyl groups is 5. The summed E-state index contributed by atoms with van der Waals surface area (Å²) in [4.78, 5) is 9.90. The van der Waals surface area contributed by atoms with Crippen molar-refractivity contribution in [3.63, 3.8) is 0 Å². The number of aliphatic hydroxyl groups excluding tert-OH is 5. The number of carbonyl (C=O) groups excluding carboxylic acids is 1. The smallest absolute Gasteiger partial charge is 0.151 e. The molecule has 0 rings (SSSR count). The molecule has 0 aromatic rings. The van der Waals surface area contributed by atoms with Gasteiger partial charge in [0.05, 0.1) is 6.61 Å². The van der Waals surface area contributed by atoms with Gasteiger partial charge in [-0.2, -0.15) is 0 Å². The zero-order valence-electron chi connectivity index (χ0n) is 7.24. The minimum Gasteiger partial charge on any atom is -0.412 e. The second-order valence-corrected chi connectivity index (χ2v) is 2.36. The molecule has 8 heteroatoms. The summed E-state index contributed by atoms with van der Waals surface area (Å²) in [5.74, 6) is 0. The van der Waals surface area contributed by atoms with E-state index in [9.17, 15) is 4.79 Å². The van der Waals surface area contributed by atoms with E-state index in [-0.39, 0.29) is 17.2 Å². The molecule has 0 aromatic carbocycles. The highest BCUT2D eigenvalue weighted by molar-refractivity contribution is 5.56. The van der Waals surface area contributed by atoms with Gasteiger partial charge in [-0.3, -0.25) is 0 Å². The molecule has 0 aliphatic carbocycles. The molecule has 0 bridgehead atoms. The van der Waals surface area contributed by atoms with Gasteiger partial charge >= 0.3 is 0 Å².